The van der Waals surface area contributed by atoms with Gasteiger partial charge in [-0.25, -0.2) is 13.2 Å². The molecule has 3 nitrogen and oxygen atoms in total. The van der Waals surface area contributed by atoms with Crippen molar-refractivity contribution in [3.8, 4) is 0 Å². The molecule has 2 rings (SSSR count). The van der Waals surface area contributed by atoms with Crippen LogP contribution in [0.2, 0.25) is 0 Å². The van der Waals surface area contributed by atoms with Crippen LogP contribution in [-0.2, 0) is 14.0 Å². The normalized spacial score (nSPS) is 19.4. The SMILES string of the molecule is C=CCOCCC(=C(F)B1OC(C)(C)C(C)(C)O1)c1c(F)cccc1F. The van der Waals surface area contributed by atoms with Gasteiger partial charge in [0.1, 0.15) is 17.4 Å². The predicted octanol–water partition coefficient (Wildman–Crippen LogP) is 4.87. The molecule has 0 aliphatic carbocycles. The van der Waals surface area contributed by atoms with Crippen molar-refractivity contribution in [2.75, 3.05) is 13.2 Å². The molecule has 0 aromatic heterocycles. The molecular formula is C19H24BF3O3. The van der Waals surface area contributed by atoms with Crippen LogP contribution in [0.25, 0.3) is 5.57 Å². The third kappa shape index (κ3) is 4.22. The first kappa shape index (κ1) is 20.7. The van der Waals surface area contributed by atoms with Crippen LogP contribution in [0.4, 0.5) is 13.2 Å². The van der Waals surface area contributed by atoms with E-state index in [0.29, 0.717) is 0 Å². The van der Waals surface area contributed by atoms with Gasteiger partial charge in [-0.05, 0) is 51.8 Å². The van der Waals surface area contributed by atoms with Crippen LogP contribution in [0.3, 0.4) is 0 Å². The van der Waals surface area contributed by atoms with Crippen molar-refractivity contribution in [2.24, 2.45) is 0 Å². The standard InChI is InChI=1S/C19H24BF3O3/c1-6-11-24-12-10-13(16-14(21)8-7-9-15(16)22)17(23)20-25-18(2,3)19(4,5)26-20/h6-9H,1,10-12H2,2-5H3. The summed E-state index contributed by atoms with van der Waals surface area (Å²) >= 11 is 0. The van der Waals surface area contributed by atoms with Gasteiger partial charge in [-0.15, -0.1) is 6.58 Å². The highest BCUT2D eigenvalue weighted by atomic mass is 19.1. The third-order valence-corrected chi connectivity index (χ3v) is 4.75. The highest BCUT2D eigenvalue weighted by Crippen LogP contribution is 2.41. The average Bonchev–Trinajstić information content (AvgIpc) is 2.76. The summed E-state index contributed by atoms with van der Waals surface area (Å²) in [5.74, 6) is -1.70. The molecule has 1 aliphatic heterocycles. The molecule has 142 valence electrons. The summed E-state index contributed by atoms with van der Waals surface area (Å²) in [6.45, 7) is 10.9. The minimum atomic E-state index is -1.34. The summed E-state index contributed by atoms with van der Waals surface area (Å²) in [6.07, 6.45) is 1.50. The lowest BCUT2D eigenvalue weighted by Gasteiger charge is -2.32. The lowest BCUT2D eigenvalue weighted by atomic mass is 9.81. The van der Waals surface area contributed by atoms with Gasteiger partial charge in [0, 0.05) is 0 Å². The Labute approximate surface area is 153 Å². The Morgan fingerprint density at radius 2 is 1.69 bits per heavy atom. The van der Waals surface area contributed by atoms with Crippen LogP contribution < -0.4 is 0 Å². The van der Waals surface area contributed by atoms with Crippen LogP contribution in [0.5, 0.6) is 0 Å². The molecule has 1 aliphatic rings. The van der Waals surface area contributed by atoms with Gasteiger partial charge in [-0.2, -0.15) is 0 Å². The third-order valence-electron chi connectivity index (χ3n) is 4.75. The molecule has 1 aromatic carbocycles. The van der Waals surface area contributed by atoms with E-state index in [2.05, 4.69) is 6.58 Å². The summed E-state index contributed by atoms with van der Waals surface area (Å²) in [4.78, 5) is 0. The van der Waals surface area contributed by atoms with Gasteiger partial charge in [-0.1, -0.05) is 12.1 Å². The summed E-state index contributed by atoms with van der Waals surface area (Å²) in [5, 5.41) is 0. The quantitative estimate of drug-likeness (QED) is 0.391. The fraction of sp³-hybridized carbons (Fsp3) is 0.474. The molecule has 0 N–H and O–H groups in total. The smallest absolute Gasteiger partial charge is 0.398 e. The first-order valence-corrected chi connectivity index (χ1v) is 8.48. The second-order valence-electron chi connectivity index (χ2n) is 7.12. The van der Waals surface area contributed by atoms with Gasteiger partial charge in [0.25, 0.3) is 0 Å². The van der Waals surface area contributed by atoms with E-state index in [4.69, 9.17) is 14.0 Å². The van der Waals surface area contributed by atoms with Crippen molar-refractivity contribution in [2.45, 2.75) is 45.3 Å². The Morgan fingerprint density at radius 3 is 2.19 bits per heavy atom. The van der Waals surface area contributed by atoms with E-state index < -0.39 is 41.2 Å². The first-order valence-electron chi connectivity index (χ1n) is 8.48. The molecule has 0 unspecified atom stereocenters. The van der Waals surface area contributed by atoms with Crippen LogP contribution in [0.15, 0.2) is 36.6 Å². The number of halogens is 3. The van der Waals surface area contributed by atoms with Crippen LogP contribution >= 0.6 is 0 Å². The Bertz CT molecular complexity index is 665. The molecule has 0 saturated carbocycles. The van der Waals surface area contributed by atoms with Gasteiger partial charge in [0.2, 0.25) is 0 Å². The Balaban J connectivity index is 2.42. The summed E-state index contributed by atoms with van der Waals surface area (Å²) < 4.78 is 60.4. The lowest BCUT2D eigenvalue weighted by molar-refractivity contribution is 0.00578. The monoisotopic (exact) mass is 368 g/mol. The Kier molecular flexibility index (Phi) is 6.37. The van der Waals surface area contributed by atoms with Crippen LogP contribution in [0, 0.1) is 11.6 Å². The molecule has 0 bridgehead atoms. The minimum Gasteiger partial charge on any atom is -0.398 e. The molecule has 0 spiro atoms. The van der Waals surface area contributed by atoms with Crippen molar-refractivity contribution >= 4 is 12.7 Å². The van der Waals surface area contributed by atoms with E-state index in [9.17, 15) is 8.78 Å². The number of hydrogen-bond donors (Lipinski definition) is 0. The Hall–Kier alpha value is -1.57. The fourth-order valence-electron chi connectivity index (χ4n) is 2.58. The zero-order valence-corrected chi connectivity index (χ0v) is 15.6. The van der Waals surface area contributed by atoms with Crippen molar-refractivity contribution < 1.29 is 27.2 Å². The molecule has 0 atom stereocenters. The molecule has 26 heavy (non-hydrogen) atoms. The molecule has 1 heterocycles. The van der Waals surface area contributed by atoms with Gasteiger partial charge < -0.3 is 14.0 Å². The van der Waals surface area contributed by atoms with Gasteiger partial charge in [-0.3, -0.25) is 0 Å². The van der Waals surface area contributed by atoms with E-state index in [-0.39, 0.29) is 25.2 Å². The van der Waals surface area contributed by atoms with E-state index in [1.807, 2.05) is 0 Å². The van der Waals surface area contributed by atoms with E-state index in [1.54, 1.807) is 27.7 Å². The second-order valence-corrected chi connectivity index (χ2v) is 7.12. The van der Waals surface area contributed by atoms with E-state index >= 15 is 4.39 Å². The highest BCUT2D eigenvalue weighted by molar-refractivity contribution is 6.55. The molecule has 1 aromatic rings. The number of hydrogen-bond acceptors (Lipinski definition) is 3. The van der Waals surface area contributed by atoms with Crippen LogP contribution in [-0.4, -0.2) is 31.5 Å². The van der Waals surface area contributed by atoms with Crippen molar-refractivity contribution in [3.05, 3.63) is 53.8 Å². The molecule has 7 heteroatoms. The predicted molar refractivity (Wildman–Crippen MR) is 96.1 cm³/mol. The van der Waals surface area contributed by atoms with Crippen LogP contribution in [0.1, 0.15) is 39.7 Å². The van der Waals surface area contributed by atoms with Gasteiger partial charge in [0.05, 0.1) is 30.0 Å². The van der Waals surface area contributed by atoms with Crippen molar-refractivity contribution in [1.29, 1.82) is 0 Å². The topological polar surface area (TPSA) is 27.7 Å². The maximum Gasteiger partial charge on any atom is 0.525 e. The lowest BCUT2D eigenvalue weighted by Crippen LogP contribution is -2.41. The number of benzene rings is 1. The van der Waals surface area contributed by atoms with Crippen molar-refractivity contribution in [3.63, 3.8) is 0 Å². The van der Waals surface area contributed by atoms with Gasteiger partial charge >= 0.3 is 7.12 Å². The Morgan fingerprint density at radius 1 is 1.15 bits per heavy atom. The van der Waals surface area contributed by atoms with E-state index in [1.165, 1.54) is 12.1 Å². The molecule has 0 amide bonds. The number of rotatable bonds is 7. The molecular weight excluding hydrogens is 344 g/mol. The maximum atomic E-state index is 15.2. The molecule has 1 fully saturated rings. The van der Waals surface area contributed by atoms with Crippen molar-refractivity contribution in [1.82, 2.24) is 0 Å². The maximum absolute atomic E-state index is 15.2. The second kappa shape index (κ2) is 7.98. The summed E-state index contributed by atoms with van der Waals surface area (Å²) in [7, 11) is -1.34. The zero-order valence-electron chi connectivity index (χ0n) is 15.6. The van der Waals surface area contributed by atoms with E-state index in [0.717, 1.165) is 12.1 Å². The first-order chi connectivity index (χ1) is 12.1. The van der Waals surface area contributed by atoms with Gasteiger partial charge in [0.15, 0.2) is 0 Å². The number of ether oxygens (including phenoxy) is 1. The fourth-order valence-corrected chi connectivity index (χ4v) is 2.58. The summed E-state index contributed by atoms with van der Waals surface area (Å²) in [5.41, 5.74) is -2.99. The average molecular weight is 368 g/mol. The molecule has 0 radical (unpaired) electrons. The highest BCUT2D eigenvalue weighted by Gasteiger charge is 2.53. The summed E-state index contributed by atoms with van der Waals surface area (Å²) in [6, 6.07) is 3.40. The molecule has 1 saturated heterocycles. The minimum absolute atomic E-state index is 0.0401. The largest absolute Gasteiger partial charge is 0.525 e. The zero-order chi connectivity index (χ0) is 19.5.